The van der Waals surface area contributed by atoms with Gasteiger partial charge in [-0.3, -0.25) is 4.90 Å². The zero-order valence-corrected chi connectivity index (χ0v) is 14.9. The summed E-state index contributed by atoms with van der Waals surface area (Å²) in [5.74, 6) is 0.641. The normalized spacial score (nSPS) is 26.7. The fourth-order valence-corrected chi connectivity index (χ4v) is 4.12. The molecule has 126 valence electrons. The Morgan fingerprint density at radius 2 is 2.17 bits per heavy atom. The Kier molecular flexibility index (Phi) is 3.91. The van der Waals surface area contributed by atoms with Crippen LogP contribution in [0, 0.1) is 0 Å². The summed E-state index contributed by atoms with van der Waals surface area (Å²) in [4.78, 5) is 14.6. The van der Waals surface area contributed by atoms with E-state index in [1.54, 1.807) is 0 Å². The van der Waals surface area contributed by atoms with Crippen LogP contribution in [0.4, 0.5) is 4.79 Å². The molecule has 2 atom stereocenters. The van der Waals surface area contributed by atoms with Crippen molar-refractivity contribution in [1.29, 1.82) is 0 Å². The third kappa shape index (κ3) is 2.97. The van der Waals surface area contributed by atoms with E-state index in [1.807, 2.05) is 26.8 Å². The first-order valence-corrected chi connectivity index (χ1v) is 8.60. The number of fused-ring (bicyclic) bond motifs is 3. The van der Waals surface area contributed by atoms with Gasteiger partial charge in [0.05, 0.1) is 0 Å². The Morgan fingerprint density at radius 1 is 1.43 bits per heavy atom. The molecule has 3 rings (SSSR count). The number of rotatable bonds is 2. The van der Waals surface area contributed by atoms with E-state index in [4.69, 9.17) is 4.74 Å². The van der Waals surface area contributed by atoms with Crippen LogP contribution in [0.2, 0.25) is 0 Å². The number of hydrogen-bond donors (Lipinski definition) is 1. The van der Waals surface area contributed by atoms with Crippen molar-refractivity contribution in [2.75, 3.05) is 13.1 Å². The first kappa shape index (κ1) is 16.3. The number of benzene rings is 1. The maximum absolute atomic E-state index is 12.0. The number of amides is 1. The van der Waals surface area contributed by atoms with E-state index in [1.165, 1.54) is 17.5 Å². The number of carbonyl (C=O) groups is 1. The van der Waals surface area contributed by atoms with E-state index < -0.39 is 6.09 Å². The molecule has 1 heterocycles. The second-order valence-electron chi connectivity index (χ2n) is 8.10. The van der Waals surface area contributed by atoms with Gasteiger partial charge in [-0.2, -0.15) is 0 Å². The summed E-state index contributed by atoms with van der Waals surface area (Å²) in [5, 5.41) is 2.84. The molecule has 23 heavy (non-hydrogen) atoms. The van der Waals surface area contributed by atoms with Crippen molar-refractivity contribution in [2.24, 2.45) is 0 Å². The molecule has 0 spiro atoms. The average molecular weight is 316 g/mol. The first-order valence-electron chi connectivity index (χ1n) is 8.60. The van der Waals surface area contributed by atoms with Crippen LogP contribution < -0.4 is 10.1 Å². The topological polar surface area (TPSA) is 41.6 Å². The molecule has 1 amide bonds. The van der Waals surface area contributed by atoms with Gasteiger partial charge >= 0.3 is 6.09 Å². The Morgan fingerprint density at radius 3 is 2.83 bits per heavy atom. The molecule has 4 heteroatoms. The van der Waals surface area contributed by atoms with Gasteiger partial charge in [-0.1, -0.05) is 19.9 Å². The molecule has 4 nitrogen and oxygen atoms in total. The minimum atomic E-state index is -0.390. The lowest BCUT2D eigenvalue weighted by Crippen LogP contribution is -2.42. The number of nitrogens with zero attached hydrogens (tertiary/aromatic N) is 1. The van der Waals surface area contributed by atoms with Gasteiger partial charge in [0.2, 0.25) is 0 Å². The lowest BCUT2D eigenvalue weighted by atomic mass is 9.80. The van der Waals surface area contributed by atoms with Crippen LogP contribution in [0.3, 0.4) is 0 Å². The molecular weight excluding hydrogens is 288 g/mol. The van der Waals surface area contributed by atoms with Gasteiger partial charge in [0.1, 0.15) is 5.75 Å². The summed E-state index contributed by atoms with van der Waals surface area (Å²) in [6.07, 6.45) is 1.89. The molecule has 1 aliphatic carbocycles. The summed E-state index contributed by atoms with van der Waals surface area (Å²) in [7, 11) is 0. The highest BCUT2D eigenvalue weighted by Crippen LogP contribution is 2.48. The molecule has 1 saturated heterocycles. The highest BCUT2D eigenvalue weighted by Gasteiger charge is 2.49. The largest absolute Gasteiger partial charge is 0.413 e. The van der Waals surface area contributed by atoms with E-state index in [-0.39, 0.29) is 11.0 Å². The Labute approximate surface area is 139 Å². The highest BCUT2D eigenvalue weighted by atomic mass is 16.6. The van der Waals surface area contributed by atoms with Crippen molar-refractivity contribution in [2.45, 2.75) is 64.5 Å². The molecule has 1 aromatic rings. The number of hydrogen-bond acceptors (Lipinski definition) is 3. The van der Waals surface area contributed by atoms with Crippen LogP contribution >= 0.6 is 0 Å². The van der Waals surface area contributed by atoms with Gasteiger partial charge in [0.25, 0.3) is 0 Å². The molecule has 1 N–H and O–H groups in total. The molecule has 0 bridgehead atoms. The highest BCUT2D eigenvalue weighted by molar-refractivity contribution is 5.71. The van der Waals surface area contributed by atoms with E-state index in [9.17, 15) is 4.79 Å². The maximum atomic E-state index is 12.0. The van der Waals surface area contributed by atoms with Crippen molar-refractivity contribution in [3.05, 3.63) is 29.3 Å². The van der Waals surface area contributed by atoms with E-state index in [2.05, 4.69) is 36.2 Å². The molecule has 1 aromatic carbocycles. The van der Waals surface area contributed by atoms with E-state index in [0.29, 0.717) is 11.8 Å². The summed E-state index contributed by atoms with van der Waals surface area (Å²) < 4.78 is 5.50. The Hall–Kier alpha value is -1.55. The smallest absolute Gasteiger partial charge is 0.410 e. The van der Waals surface area contributed by atoms with Gasteiger partial charge in [0.15, 0.2) is 0 Å². The summed E-state index contributed by atoms with van der Waals surface area (Å²) in [6, 6.07) is 6.71. The van der Waals surface area contributed by atoms with Crippen LogP contribution in [-0.4, -0.2) is 35.7 Å². The standard InChI is InChI=1S/C19H28N2O2/c1-6-21-10-9-19(5)15-12-14(8-7-13(15)11-16(19)21)23-17(22)20-18(2,3)4/h7-8,12,16H,6,9-11H2,1-5H3,(H,20,22)/t16-,19+/m1/s1. The van der Waals surface area contributed by atoms with Crippen molar-refractivity contribution >= 4 is 6.09 Å². The second-order valence-corrected chi connectivity index (χ2v) is 8.10. The van der Waals surface area contributed by atoms with Crippen molar-refractivity contribution < 1.29 is 9.53 Å². The van der Waals surface area contributed by atoms with E-state index >= 15 is 0 Å². The minimum absolute atomic E-state index is 0.186. The fraction of sp³-hybridized carbons (Fsp3) is 0.632. The van der Waals surface area contributed by atoms with Crippen LogP contribution in [0.1, 0.15) is 52.2 Å². The second kappa shape index (κ2) is 5.52. The van der Waals surface area contributed by atoms with Crippen molar-refractivity contribution in [3.8, 4) is 5.75 Å². The fourth-order valence-electron chi connectivity index (χ4n) is 4.12. The Balaban J connectivity index is 1.81. The van der Waals surface area contributed by atoms with Crippen molar-refractivity contribution in [1.82, 2.24) is 10.2 Å². The van der Waals surface area contributed by atoms with Gasteiger partial charge in [-0.15, -0.1) is 0 Å². The summed E-state index contributed by atoms with van der Waals surface area (Å²) in [6.45, 7) is 12.7. The number of likely N-dealkylation sites (N-methyl/N-ethyl adjacent to an activating group) is 1. The predicted molar refractivity (Wildman–Crippen MR) is 92.1 cm³/mol. The molecule has 2 aliphatic rings. The maximum Gasteiger partial charge on any atom is 0.413 e. The lowest BCUT2D eigenvalue weighted by molar-refractivity contribution is 0.190. The van der Waals surface area contributed by atoms with Crippen molar-refractivity contribution in [3.63, 3.8) is 0 Å². The summed E-state index contributed by atoms with van der Waals surface area (Å²) >= 11 is 0. The van der Waals surface area contributed by atoms with Crippen LogP contribution in [-0.2, 0) is 11.8 Å². The molecular formula is C19H28N2O2. The van der Waals surface area contributed by atoms with E-state index in [0.717, 1.165) is 19.5 Å². The molecule has 1 aliphatic heterocycles. The van der Waals surface area contributed by atoms with Gasteiger partial charge in [-0.25, -0.2) is 4.79 Å². The number of ether oxygens (including phenoxy) is 1. The molecule has 0 radical (unpaired) electrons. The molecule has 0 aromatic heterocycles. The number of likely N-dealkylation sites (tertiary alicyclic amines) is 1. The van der Waals surface area contributed by atoms with Crippen LogP contribution in [0.25, 0.3) is 0 Å². The monoisotopic (exact) mass is 316 g/mol. The Bertz CT molecular complexity index is 620. The van der Waals surface area contributed by atoms with Gasteiger partial charge in [-0.05, 0) is 70.0 Å². The van der Waals surface area contributed by atoms with Crippen LogP contribution in [0.5, 0.6) is 5.75 Å². The average Bonchev–Trinajstić information content (AvgIpc) is 2.89. The number of carbonyl (C=O) groups excluding carboxylic acids is 1. The third-order valence-corrected chi connectivity index (χ3v) is 5.30. The summed E-state index contributed by atoms with van der Waals surface area (Å²) in [5.41, 5.74) is 2.65. The molecule has 1 fully saturated rings. The van der Waals surface area contributed by atoms with Gasteiger partial charge in [0, 0.05) is 17.0 Å². The van der Waals surface area contributed by atoms with Gasteiger partial charge < -0.3 is 10.1 Å². The number of nitrogens with one attached hydrogen (secondary N) is 1. The SMILES string of the molecule is CCN1CC[C@@]2(C)c3cc(OC(=O)NC(C)(C)C)ccc3C[C@@H]12. The zero-order chi connectivity index (χ0) is 16.8. The third-order valence-electron chi connectivity index (χ3n) is 5.30. The lowest BCUT2D eigenvalue weighted by Gasteiger charge is -2.29. The minimum Gasteiger partial charge on any atom is -0.410 e. The first-order chi connectivity index (χ1) is 10.7. The van der Waals surface area contributed by atoms with Crippen LogP contribution in [0.15, 0.2) is 18.2 Å². The molecule has 0 saturated carbocycles. The molecule has 0 unspecified atom stereocenters. The quantitative estimate of drug-likeness (QED) is 0.908. The zero-order valence-electron chi connectivity index (χ0n) is 14.9. The predicted octanol–water partition coefficient (Wildman–Crippen LogP) is 3.48.